The zero-order chi connectivity index (χ0) is 19.0. The molecule has 2 atom stereocenters. The maximum absolute atomic E-state index is 5.69. The van der Waals surface area contributed by atoms with Gasteiger partial charge in [0.15, 0.2) is 5.96 Å². The van der Waals surface area contributed by atoms with Gasteiger partial charge in [-0.15, -0.1) is 24.0 Å². The number of hydrogen-bond donors (Lipinski definition) is 2. The number of nitrogens with zero attached hydrogens (tertiary/aromatic N) is 2. The first kappa shape index (κ1) is 24.2. The van der Waals surface area contributed by atoms with Crippen LogP contribution in [0.3, 0.4) is 0 Å². The number of rotatable bonds is 8. The highest BCUT2D eigenvalue weighted by molar-refractivity contribution is 14.0. The molecule has 3 rings (SSSR count). The predicted octanol–water partition coefficient (Wildman–Crippen LogP) is 2.87. The second-order valence-corrected chi connectivity index (χ2v) is 8.48. The Balaban J connectivity index is 0.00000280. The molecule has 3 fully saturated rings. The molecule has 0 spiro atoms. The minimum Gasteiger partial charge on any atom is -0.381 e. The third-order valence-electron chi connectivity index (χ3n) is 6.83. The Kier molecular flexibility index (Phi) is 10.8. The first-order valence-corrected chi connectivity index (χ1v) is 11.2. The molecule has 2 N–H and O–H groups in total. The summed E-state index contributed by atoms with van der Waals surface area (Å²) < 4.78 is 11.3. The second kappa shape index (κ2) is 12.5. The number of morpholine rings is 1. The van der Waals surface area contributed by atoms with E-state index in [2.05, 4.69) is 29.4 Å². The van der Waals surface area contributed by atoms with Crippen LogP contribution >= 0.6 is 24.0 Å². The van der Waals surface area contributed by atoms with Gasteiger partial charge in [-0.25, -0.2) is 0 Å². The molecule has 0 aromatic rings. The smallest absolute Gasteiger partial charge is 0.191 e. The van der Waals surface area contributed by atoms with Gasteiger partial charge >= 0.3 is 0 Å². The van der Waals surface area contributed by atoms with E-state index in [9.17, 15) is 0 Å². The molecule has 28 heavy (non-hydrogen) atoms. The Labute approximate surface area is 188 Å². The number of guanidine groups is 1. The van der Waals surface area contributed by atoms with Crippen molar-refractivity contribution in [2.45, 2.75) is 58.4 Å². The number of aliphatic imine (C=N–C) groups is 1. The van der Waals surface area contributed by atoms with Gasteiger partial charge in [0.25, 0.3) is 0 Å². The van der Waals surface area contributed by atoms with Gasteiger partial charge in [0, 0.05) is 51.3 Å². The van der Waals surface area contributed by atoms with Crippen molar-refractivity contribution in [2.24, 2.45) is 16.3 Å². The third-order valence-corrected chi connectivity index (χ3v) is 6.83. The Bertz CT molecular complexity index is 459. The van der Waals surface area contributed by atoms with Crippen molar-refractivity contribution in [1.82, 2.24) is 15.5 Å². The third kappa shape index (κ3) is 6.71. The Hall–Kier alpha value is -0.120. The van der Waals surface area contributed by atoms with E-state index in [-0.39, 0.29) is 24.0 Å². The summed E-state index contributed by atoms with van der Waals surface area (Å²) in [6.07, 6.45) is 7.81. The van der Waals surface area contributed by atoms with Gasteiger partial charge in [-0.1, -0.05) is 19.8 Å². The van der Waals surface area contributed by atoms with Crippen LogP contribution in [0.4, 0.5) is 0 Å². The summed E-state index contributed by atoms with van der Waals surface area (Å²) >= 11 is 0. The number of halogens is 1. The van der Waals surface area contributed by atoms with Gasteiger partial charge in [-0.05, 0) is 38.0 Å². The first-order chi connectivity index (χ1) is 13.3. The highest BCUT2D eigenvalue weighted by atomic mass is 127. The van der Waals surface area contributed by atoms with Gasteiger partial charge in [0.05, 0.1) is 19.8 Å². The Morgan fingerprint density at radius 2 is 1.86 bits per heavy atom. The molecular weight excluding hydrogens is 467 g/mol. The lowest BCUT2D eigenvalue weighted by Gasteiger charge is -2.37. The van der Waals surface area contributed by atoms with E-state index in [4.69, 9.17) is 14.5 Å². The first-order valence-electron chi connectivity index (χ1n) is 11.2. The zero-order valence-corrected chi connectivity index (χ0v) is 20.2. The zero-order valence-electron chi connectivity index (χ0n) is 17.9. The lowest BCUT2D eigenvalue weighted by molar-refractivity contribution is 0.00246. The van der Waals surface area contributed by atoms with Gasteiger partial charge in [-0.3, -0.25) is 9.89 Å². The van der Waals surface area contributed by atoms with Gasteiger partial charge in [-0.2, -0.15) is 0 Å². The SMILES string of the molecule is CCNC(=NCC1(CC)CCCC1)NCC(C1CCOC1)N1CCOCC1.I. The minimum atomic E-state index is 0. The van der Waals surface area contributed by atoms with Gasteiger partial charge in [0.2, 0.25) is 0 Å². The van der Waals surface area contributed by atoms with Crippen LogP contribution in [0.2, 0.25) is 0 Å². The quantitative estimate of drug-likeness (QED) is 0.300. The molecular formula is C21H41IN4O2. The molecule has 0 aromatic heterocycles. The molecule has 0 radical (unpaired) electrons. The van der Waals surface area contributed by atoms with Crippen LogP contribution in [0.5, 0.6) is 0 Å². The monoisotopic (exact) mass is 508 g/mol. The molecule has 0 aromatic carbocycles. The van der Waals surface area contributed by atoms with E-state index in [1.54, 1.807) is 0 Å². The topological polar surface area (TPSA) is 58.1 Å². The number of nitrogens with one attached hydrogen (secondary N) is 2. The summed E-state index contributed by atoms with van der Waals surface area (Å²) in [5.41, 5.74) is 0.436. The largest absolute Gasteiger partial charge is 0.381 e. The van der Waals surface area contributed by atoms with Gasteiger partial charge in [0.1, 0.15) is 0 Å². The van der Waals surface area contributed by atoms with E-state index < -0.39 is 0 Å². The normalized spacial score (nSPS) is 26.6. The molecule has 0 bridgehead atoms. The summed E-state index contributed by atoms with van der Waals surface area (Å²) in [6.45, 7) is 12.8. The summed E-state index contributed by atoms with van der Waals surface area (Å²) in [4.78, 5) is 7.59. The average Bonchev–Trinajstić information content (AvgIpc) is 3.40. The Morgan fingerprint density at radius 3 is 2.46 bits per heavy atom. The van der Waals surface area contributed by atoms with Crippen LogP contribution in [-0.4, -0.2) is 76.1 Å². The number of hydrogen-bond acceptors (Lipinski definition) is 4. The molecule has 164 valence electrons. The summed E-state index contributed by atoms with van der Waals surface area (Å²) in [5, 5.41) is 7.12. The van der Waals surface area contributed by atoms with Crippen molar-refractivity contribution in [3.63, 3.8) is 0 Å². The molecule has 6 nitrogen and oxygen atoms in total. The second-order valence-electron chi connectivity index (χ2n) is 8.48. The van der Waals surface area contributed by atoms with Crippen molar-refractivity contribution in [1.29, 1.82) is 0 Å². The van der Waals surface area contributed by atoms with E-state index in [1.807, 2.05) is 0 Å². The molecule has 7 heteroatoms. The Morgan fingerprint density at radius 1 is 1.11 bits per heavy atom. The molecule has 1 saturated carbocycles. The lowest BCUT2D eigenvalue weighted by Crippen LogP contribution is -2.53. The minimum absolute atomic E-state index is 0. The van der Waals surface area contributed by atoms with E-state index in [0.29, 0.717) is 17.4 Å². The van der Waals surface area contributed by atoms with Crippen molar-refractivity contribution >= 4 is 29.9 Å². The maximum atomic E-state index is 5.69. The highest BCUT2D eigenvalue weighted by Gasteiger charge is 2.33. The highest BCUT2D eigenvalue weighted by Crippen LogP contribution is 2.41. The molecule has 2 saturated heterocycles. The van der Waals surface area contributed by atoms with Crippen molar-refractivity contribution < 1.29 is 9.47 Å². The fourth-order valence-electron chi connectivity index (χ4n) is 4.90. The predicted molar refractivity (Wildman–Crippen MR) is 126 cm³/mol. The van der Waals surface area contributed by atoms with E-state index in [1.165, 1.54) is 32.1 Å². The van der Waals surface area contributed by atoms with Crippen molar-refractivity contribution in [3.05, 3.63) is 0 Å². The van der Waals surface area contributed by atoms with Crippen LogP contribution in [-0.2, 0) is 9.47 Å². The van der Waals surface area contributed by atoms with E-state index in [0.717, 1.165) is 71.5 Å². The van der Waals surface area contributed by atoms with Gasteiger partial charge < -0.3 is 20.1 Å². The fraction of sp³-hybridized carbons (Fsp3) is 0.952. The molecule has 2 unspecified atom stereocenters. The van der Waals surface area contributed by atoms with Crippen LogP contribution in [0.15, 0.2) is 4.99 Å². The van der Waals surface area contributed by atoms with E-state index >= 15 is 0 Å². The number of ether oxygens (including phenoxy) is 2. The summed E-state index contributed by atoms with van der Waals surface area (Å²) in [6, 6.07) is 0.492. The molecule has 3 aliphatic rings. The van der Waals surface area contributed by atoms with Crippen LogP contribution in [0, 0.1) is 11.3 Å². The standard InChI is InChI=1S/C21H40N4O2.HI/c1-3-21(8-5-6-9-21)17-24-20(22-4-2)23-15-19(18-7-12-27-16-18)25-10-13-26-14-11-25;/h18-19H,3-17H2,1-2H3,(H2,22,23,24);1H. The van der Waals surface area contributed by atoms with Crippen LogP contribution in [0.1, 0.15) is 52.4 Å². The molecule has 2 heterocycles. The fourth-order valence-corrected chi connectivity index (χ4v) is 4.90. The van der Waals surface area contributed by atoms with Crippen LogP contribution < -0.4 is 10.6 Å². The van der Waals surface area contributed by atoms with Crippen molar-refractivity contribution in [3.8, 4) is 0 Å². The lowest BCUT2D eigenvalue weighted by atomic mass is 9.84. The average molecular weight is 508 g/mol. The van der Waals surface area contributed by atoms with Crippen LogP contribution in [0.25, 0.3) is 0 Å². The van der Waals surface area contributed by atoms with Crippen molar-refractivity contribution in [2.75, 3.05) is 59.2 Å². The molecule has 2 aliphatic heterocycles. The summed E-state index contributed by atoms with van der Waals surface area (Å²) in [5.74, 6) is 1.59. The maximum Gasteiger partial charge on any atom is 0.191 e. The molecule has 0 amide bonds. The summed E-state index contributed by atoms with van der Waals surface area (Å²) in [7, 11) is 0. The molecule has 1 aliphatic carbocycles.